The smallest absolute Gasteiger partial charge is 0.195 e. The Hall–Kier alpha value is -1.62. The molecular weight excluding hydrogens is 357 g/mol. The fraction of sp³-hybridized carbons (Fsp3) is 0.667. The lowest BCUT2D eigenvalue weighted by atomic mass is 9.74. The summed E-state index contributed by atoms with van der Waals surface area (Å²) in [5.41, 5.74) is 3.05. The lowest BCUT2D eigenvalue weighted by Crippen LogP contribution is -2.17. The van der Waals surface area contributed by atoms with Gasteiger partial charge in [0.2, 0.25) is 0 Å². The van der Waals surface area contributed by atoms with Crippen LogP contribution in [0.1, 0.15) is 101 Å². The van der Waals surface area contributed by atoms with E-state index in [9.17, 15) is 4.39 Å². The highest BCUT2D eigenvalue weighted by atomic mass is 19.1. The second kappa shape index (κ2) is 11.5. The SMILES string of the molecule is CCCCc1ccc(C2CCC(CCC3CCC(C=C(F)C#N)CC3)CC2)cc1. The average molecular weight is 396 g/mol. The van der Waals surface area contributed by atoms with E-state index in [1.807, 2.05) is 0 Å². The van der Waals surface area contributed by atoms with E-state index in [4.69, 9.17) is 5.26 Å². The largest absolute Gasteiger partial charge is 0.196 e. The Morgan fingerprint density at radius 2 is 1.55 bits per heavy atom. The summed E-state index contributed by atoms with van der Waals surface area (Å²) in [6.07, 6.45) is 18.0. The summed E-state index contributed by atoms with van der Waals surface area (Å²) in [6, 6.07) is 11.1. The van der Waals surface area contributed by atoms with Crippen LogP contribution in [0.3, 0.4) is 0 Å². The maximum atomic E-state index is 13.1. The van der Waals surface area contributed by atoms with Gasteiger partial charge >= 0.3 is 0 Å². The van der Waals surface area contributed by atoms with Gasteiger partial charge in [-0.2, -0.15) is 9.65 Å². The Balaban J connectivity index is 1.35. The molecule has 29 heavy (non-hydrogen) atoms. The molecule has 2 saturated carbocycles. The number of unbranched alkanes of at least 4 members (excludes halogenated alkanes) is 1. The van der Waals surface area contributed by atoms with Gasteiger partial charge in [0.15, 0.2) is 5.83 Å². The molecule has 3 rings (SSSR count). The van der Waals surface area contributed by atoms with E-state index < -0.39 is 5.83 Å². The lowest BCUT2D eigenvalue weighted by Gasteiger charge is -2.31. The molecule has 0 N–H and O–H groups in total. The van der Waals surface area contributed by atoms with Gasteiger partial charge in [0.1, 0.15) is 6.07 Å². The molecule has 1 aromatic rings. The van der Waals surface area contributed by atoms with Crippen LogP contribution in [-0.2, 0) is 6.42 Å². The highest BCUT2D eigenvalue weighted by Crippen LogP contribution is 2.40. The average Bonchev–Trinajstić information content (AvgIpc) is 2.78. The Morgan fingerprint density at radius 3 is 2.10 bits per heavy atom. The first kappa shape index (κ1) is 22.1. The predicted molar refractivity (Wildman–Crippen MR) is 119 cm³/mol. The molecular formula is C27H38FN. The Labute approximate surface area is 177 Å². The Kier molecular flexibility index (Phi) is 8.78. The van der Waals surface area contributed by atoms with Gasteiger partial charge in [-0.15, -0.1) is 0 Å². The minimum atomic E-state index is -0.596. The van der Waals surface area contributed by atoms with Gasteiger partial charge in [-0.25, -0.2) is 0 Å². The summed E-state index contributed by atoms with van der Waals surface area (Å²) >= 11 is 0. The maximum absolute atomic E-state index is 13.1. The topological polar surface area (TPSA) is 23.8 Å². The minimum Gasteiger partial charge on any atom is -0.195 e. The van der Waals surface area contributed by atoms with Crippen molar-refractivity contribution in [3.63, 3.8) is 0 Å². The van der Waals surface area contributed by atoms with Gasteiger partial charge in [-0.05, 0) is 105 Å². The first-order valence-electron chi connectivity index (χ1n) is 12.0. The number of rotatable bonds is 8. The van der Waals surface area contributed by atoms with Crippen LogP contribution in [0.25, 0.3) is 0 Å². The zero-order chi connectivity index (χ0) is 20.5. The molecule has 0 amide bonds. The van der Waals surface area contributed by atoms with E-state index in [1.165, 1.54) is 76.2 Å². The lowest BCUT2D eigenvalue weighted by molar-refractivity contribution is 0.245. The van der Waals surface area contributed by atoms with E-state index >= 15 is 0 Å². The summed E-state index contributed by atoms with van der Waals surface area (Å²) in [5.74, 6) is 2.18. The van der Waals surface area contributed by atoms with Crippen LogP contribution in [0.5, 0.6) is 0 Å². The van der Waals surface area contributed by atoms with Crippen molar-refractivity contribution >= 4 is 0 Å². The molecule has 1 aromatic carbocycles. The number of aryl methyl sites for hydroxylation is 1. The van der Waals surface area contributed by atoms with Crippen LogP contribution in [0.2, 0.25) is 0 Å². The second-order valence-electron chi connectivity index (χ2n) is 9.55. The maximum Gasteiger partial charge on any atom is 0.196 e. The molecule has 158 valence electrons. The number of hydrogen-bond acceptors (Lipinski definition) is 1. The Bertz CT molecular complexity index is 667. The van der Waals surface area contributed by atoms with Gasteiger partial charge in [0.25, 0.3) is 0 Å². The number of nitrogens with zero attached hydrogens (tertiary/aromatic N) is 1. The number of benzene rings is 1. The molecule has 0 unspecified atom stereocenters. The minimum absolute atomic E-state index is 0.287. The van der Waals surface area contributed by atoms with Crippen molar-refractivity contribution in [3.8, 4) is 6.07 Å². The normalized spacial score (nSPS) is 28.1. The van der Waals surface area contributed by atoms with Crippen LogP contribution in [-0.4, -0.2) is 0 Å². The molecule has 0 saturated heterocycles. The first-order chi connectivity index (χ1) is 14.2. The van der Waals surface area contributed by atoms with Crippen molar-refractivity contribution in [2.24, 2.45) is 17.8 Å². The van der Waals surface area contributed by atoms with Crippen LogP contribution in [0, 0.1) is 29.1 Å². The predicted octanol–water partition coefficient (Wildman–Crippen LogP) is 8.27. The summed E-state index contributed by atoms with van der Waals surface area (Å²) in [7, 11) is 0. The van der Waals surface area contributed by atoms with Crippen molar-refractivity contribution in [1.29, 1.82) is 5.26 Å². The number of allylic oxidation sites excluding steroid dienone is 2. The van der Waals surface area contributed by atoms with Crippen molar-refractivity contribution in [1.82, 2.24) is 0 Å². The van der Waals surface area contributed by atoms with Gasteiger partial charge < -0.3 is 0 Å². The molecule has 0 atom stereocenters. The van der Waals surface area contributed by atoms with Crippen molar-refractivity contribution in [3.05, 3.63) is 47.3 Å². The van der Waals surface area contributed by atoms with Gasteiger partial charge in [-0.1, -0.05) is 50.5 Å². The molecule has 0 aliphatic heterocycles. The van der Waals surface area contributed by atoms with E-state index in [1.54, 1.807) is 17.7 Å². The second-order valence-corrected chi connectivity index (χ2v) is 9.55. The molecule has 0 bridgehead atoms. The molecule has 2 aliphatic rings. The molecule has 2 aliphatic carbocycles. The molecule has 0 spiro atoms. The van der Waals surface area contributed by atoms with Crippen LogP contribution in [0.4, 0.5) is 4.39 Å². The third-order valence-corrected chi connectivity index (χ3v) is 7.48. The van der Waals surface area contributed by atoms with Crippen LogP contribution in [0.15, 0.2) is 36.2 Å². The number of nitriles is 1. The summed E-state index contributed by atoms with van der Waals surface area (Å²) in [6.45, 7) is 2.26. The standard InChI is InChI=1S/C27H38FN/c1-2-3-4-21-11-15-25(16-12-21)26-17-13-23(14-18-26)6-5-22-7-9-24(10-8-22)19-27(28)20-29/h11-12,15-16,19,22-24,26H,2-10,13-14,17-18H2,1H3. The molecule has 0 radical (unpaired) electrons. The first-order valence-corrected chi connectivity index (χ1v) is 12.0. The fourth-order valence-corrected chi connectivity index (χ4v) is 5.48. The van der Waals surface area contributed by atoms with Crippen LogP contribution < -0.4 is 0 Å². The van der Waals surface area contributed by atoms with Crippen molar-refractivity contribution < 1.29 is 4.39 Å². The van der Waals surface area contributed by atoms with Crippen LogP contribution >= 0.6 is 0 Å². The Morgan fingerprint density at radius 1 is 0.966 bits per heavy atom. The van der Waals surface area contributed by atoms with Crippen molar-refractivity contribution in [2.45, 2.75) is 96.3 Å². The highest BCUT2D eigenvalue weighted by molar-refractivity contribution is 5.26. The van der Waals surface area contributed by atoms with E-state index in [0.717, 1.165) is 30.6 Å². The summed E-state index contributed by atoms with van der Waals surface area (Å²) in [5, 5.41) is 8.59. The van der Waals surface area contributed by atoms with E-state index in [2.05, 4.69) is 31.2 Å². The van der Waals surface area contributed by atoms with Gasteiger partial charge in [0.05, 0.1) is 0 Å². The summed E-state index contributed by atoms with van der Waals surface area (Å²) in [4.78, 5) is 0. The molecule has 2 fully saturated rings. The quantitative estimate of drug-likeness (QED) is 0.406. The number of halogens is 1. The third kappa shape index (κ3) is 6.98. The van der Waals surface area contributed by atoms with E-state index in [0.29, 0.717) is 0 Å². The molecule has 0 heterocycles. The molecule has 1 nitrogen and oxygen atoms in total. The third-order valence-electron chi connectivity index (χ3n) is 7.48. The zero-order valence-corrected chi connectivity index (χ0v) is 18.2. The fourth-order valence-electron chi connectivity index (χ4n) is 5.48. The molecule has 2 heteroatoms. The van der Waals surface area contributed by atoms with Gasteiger partial charge in [0, 0.05) is 0 Å². The zero-order valence-electron chi connectivity index (χ0n) is 18.2. The van der Waals surface area contributed by atoms with Gasteiger partial charge in [-0.3, -0.25) is 0 Å². The van der Waals surface area contributed by atoms with Crippen molar-refractivity contribution in [2.75, 3.05) is 0 Å². The molecule has 0 aromatic heterocycles. The monoisotopic (exact) mass is 395 g/mol. The van der Waals surface area contributed by atoms with E-state index in [-0.39, 0.29) is 5.92 Å². The number of hydrogen-bond donors (Lipinski definition) is 0. The highest BCUT2D eigenvalue weighted by Gasteiger charge is 2.25. The summed E-state index contributed by atoms with van der Waals surface area (Å²) < 4.78 is 13.1.